The molecular weight excluding hydrogens is 246 g/mol. The van der Waals surface area contributed by atoms with Crippen molar-refractivity contribution in [1.29, 1.82) is 0 Å². The van der Waals surface area contributed by atoms with E-state index in [0.29, 0.717) is 19.4 Å². The van der Waals surface area contributed by atoms with E-state index in [9.17, 15) is 4.79 Å². The molecule has 1 aromatic heterocycles. The second-order valence-corrected chi connectivity index (χ2v) is 5.40. The molecule has 4 heteroatoms. The molecule has 96 valence electrons. The van der Waals surface area contributed by atoms with Crippen LogP contribution in [0, 0.1) is 0 Å². The number of methoxy groups -OCH3 is 1. The van der Waals surface area contributed by atoms with Crippen molar-refractivity contribution >= 4 is 27.2 Å². The molecule has 0 bridgehead atoms. The third-order valence-electron chi connectivity index (χ3n) is 2.84. The average Bonchev–Trinajstić information content (AvgIpc) is 2.80. The summed E-state index contributed by atoms with van der Waals surface area (Å²) in [5.74, 6) is 0.125. The molecule has 2 N–H and O–H groups in total. The van der Waals surface area contributed by atoms with Crippen molar-refractivity contribution in [2.45, 2.75) is 18.9 Å². The normalized spacial score (nSPS) is 12.8. The summed E-state index contributed by atoms with van der Waals surface area (Å²) < 4.78 is 6.10. The van der Waals surface area contributed by atoms with E-state index < -0.39 is 0 Å². The van der Waals surface area contributed by atoms with Crippen molar-refractivity contribution in [2.75, 3.05) is 13.7 Å². The van der Waals surface area contributed by atoms with Crippen LogP contribution in [-0.2, 0) is 4.74 Å². The highest BCUT2D eigenvalue weighted by atomic mass is 32.1. The minimum atomic E-state index is -0.123. The first-order valence-corrected chi connectivity index (χ1v) is 6.78. The lowest BCUT2D eigenvalue weighted by Crippen LogP contribution is -2.25. The van der Waals surface area contributed by atoms with Gasteiger partial charge in [-0.2, -0.15) is 0 Å². The van der Waals surface area contributed by atoms with Gasteiger partial charge in [0, 0.05) is 30.9 Å². The van der Waals surface area contributed by atoms with Crippen molar-refractivity contribution in [1.82, 2.24) is 0 Å². The van der Waals surface area contributed by atoms with Gasteiger partial charge in [0.2, 0.25) is 0 Å². The highest BCUT2D eigenvalue weighted by Crippen LogP contribution is 2.26. The second-order valence-electron chi connectivity index (χ2n) is 4.32. The maximum atomic E-state index is 12.1. The molecule has 1 heterocycles. The van der Waals surface area contributed by atoms with Crippen molar-refractivity contribution in [2.24, 2.45) is 5.73 Å². The zero-order valence-electron chi connectivity index (χ0n) is 10.4. The molecule has 0 saturated heterocycles. The molecular formula is C14H17NO2S. The Kier molecular flexibility index (Phi) is 4.47. The maximum absolute atomic E-state index is 12.1. The minimum absolute atomic E-state index is 0.123. The summed E-state index contributed by atoms with van der Waals surface area (Å²) in [5.41, 5.74) is 5.90. The molecule has 1 atom stereocenters. The van der Waals surface area contributed by atoms with Crippen LogP contribution in [0.3, 0.4) is 0 Å². The van der Waals surface area contributed by atoms with E-state index in [1.807, 2.05) is 30.3 Å². The smallest absolute Gasteiger partial charge is 0.174 e. The van der Waals surface area contributed by atoms with E-state index in [1.54, 1.807) is 7.11 Å². The maximum Gasteiger partial charge on any atom is 0.174 e. The van der Waals surface area contributed by atoms with Crippen LogP contribution < -0.4 is 5.73 Å². The van der Waals surface area contributed by atoms with Crippen LogP contribution in [0.4, 0.5) is 0 Å². The Balaban J connectivity index is 2.04. The first-order chi connectivity index (χ1) is 8.70. The molecule has 1 unspecified atom stereocenters. The molecule has 0 aliphatic rings. The fourth-order valence-corrected chi connectivity index (χ4v) is 2.84. The Hall–Kier alpha value is -1.23. The summed E-state index contributed by atoms with van der Waals surface area (Å²) >= 11 is 1.53. The number of nitrogens with two attached hydrogens (primary N) is 1. The van der Waals surface area contributed by atoms with Gasteiger partial charge >= 0.3 is 0 Å². The zero-order valence-corrected chi connectivity index (χ0v) is 11.2. The van der Waals surface area contributed by atoms with Gasteiger partial charge in [-0.3, -0.25) is 4.79 Å². The van der Waals surface area contributed by atoms with Gasteiger partial charge in [0.1, 0.15) is 0 Å². The number of Topliss-reactive ketones (excluding diaryl/α,β-unsaturated/α-hetero) is 1. The number of rotatable bonds is 6. The fraction of sp³-hybridized carbons (Fsp3) is 0.357. The molecule has 0 saturated carbocycles. The van der Waals surface area contributed by atoms with Crippen molar-refractivity contribution < 1.29 is 9.53 Å². The zero-order chi connectivity index (χ0) is 13.0. The molecule has 0 fully saturated rings. The summed E-state index contributed by atoms with van der Waals surface area (Å²) in [6, 6.07) is 9.84. The standard InChI is InChI=1S/C14H17NO2S/c1-17-7-6-11(15)9-12(16)14-8-10-4-2-3-5-13(10)18-14/h2-5,8,11H,6-7,9,15H2,1H3. The fourth-order valence-electron chi connectivity index (χ4n) is 1.83. The van der Waals surface area contributed by atoms with Gasteiger partial charge < -0.3 is 10.5 Å². The molecule has 2 aromatic rings. The van der Waals surface area contributed by atoms with Crippen LogP contribution in [0.15, 0.2) is 30.3 Å². The van der Waals surface area contributed by atoms with Crippen LogP contribution in [0.25, 0.3) is 10.1 Å². The number of benzene rings is 1. The number of hydrogen-bond donors (Lipinski definition) is 1. The number of thiophene rings is 1. The van der Waals surface area contributed by atoms with Gasteiger partial charge in [-0.15, -0.1) is 11.3 Å². The molecule has 18 heavy (non-hydrogen) atoms. The van der Waals surface area contributed by atoms with Crippen LogP contribution in [0.1, 0.15) is 22.5 Å². The summed E-state index contributed by atoms with van der Waals surface area (Å²) in [6.07, 6.45) is 1.10. The molecule has 0 radical (unpaired) electrons. The summed E-state index contributed by atoms with van der Waals surface area (Å²) in [4.78, 5) is 12.9. The van der Waals surface area contributed by atoms with Crippen LogP contribution >= 0.6 is 11.3 Å². The highest BCUT2D eigenvalue weighted by Gasteiger charge is 2.14. The summed E-state index contributed by atoms with van der Waals surface area (Å²) in [5, 5.41) is 1.12. The third kappa shape index (κ3) is 3.16. The predicted molar refractivity (Wildman–Crippen MR) is 75.2 cm³/mol. The Morgan fingerprint density at radius 2 is 2.22 bits per heavy atom. The number of carbonyl (C=O) groups is 1. The highest BCUT2D eigenvalue weighted by molar-refractivity contribution is 7.20. The van der Waals surface area contributed by atoms with E-state index in [4.69, 9.17) is 10.5 Å². The van der Waals surface area contributed by atoms with Crippen LogP contribution in [0.2, 0.25) is 0 Å². The van der Waals surface area contributed by atoms with Gasteiger partial charge in [0.05, 0.1) is 4.88 Å². The largest absolute Gasteiger partial charge is 0.385 e. The van der Waals surface area contributed by atoms with Crippen molar-refractivity contribution in [3.05, 3.63) is 35.2 Å². The van der Waals surface area contributed by atoms with E-state index in [0.717, 1.165) is 15.0 Å². The van der Waals surface area contributed by atoms with Crippen LogP contribution in [0.5, 0.6) is 0 Å². The van der Waals surface area contributed by atoms with E-state index >= 15 is 0 Å². The monoisotopic (exact) mass is 263 g/mol. The Labute approximate surface area is 111 Å². The Bertz CT molecular complexity index is 502. The number of hydrogen-bond acceptors (Lipinski definition) is 4. The summed E-state index contributed by atoms with van der Waals surface area (Å²) in [6.45, 7) is 0.598. The predicted octanol–water partition coefficient (Wildman–Crippen LogP) is 2.84. The molecule has 0 aliphatic heterocycles. The second kappa shape index (κ2) is 6.09. The lowest BCUT2D eigenvalue weighted by Gasteiger charge is -2.08. The minimum Gasteiger partial charge on any atom is -0.385 e. The Morgan fingerprint density at radius 1 is 1.44 bits per heavy atom. The first kappa shape index (κ1) is 13.2. The van der Waals surface area contributed by atoms with Gasteiger partial charge in [0.25, 0.3) is 0 Å². The number of ether oxygens (including phenoxy) is 1. The molecule has 0 aliphatic carbocycles. The molecule has 1 aromatic carbocycles. The summed E-state index contributed by atoms with van der Waals surface area (Å²) in [7, 11) is 1.64. The van der Waals surface area contributed by atoms with Gasteiger partial charge in [-0.25, -0.2) is 0 Å². The van der Waals surface area contributed by atoms with Crippen molar-refractivity contribution in [3.63, 3.8) is 0 Å². The van der Waals surface area contributed by atoms with Gasteiger partial charge in [0.15, 0.2) is 5.78 Å². The number of carbonyl (C=O) groups excluding carboxylic acids is 1. The van der Waals surface area contributed by atoms with Gasteiger partial charge in [-0.1, -0.05) is 18.2 Å². The van der Waals surface area contributed by atoms with Crippen LogP contribution in [-0.4, -0.2) is 25.5 Å². The lowest BCUT2D eigenvalue weighted by molar-refractivity contribution is 0.0971. The van der Waals surface area contributed by atoms with Crippen molar-refractivity contribution in [3.8, 4) is 0 Å². The lowest BCUT2D eigenvalue weighted by atomic mass is 10.1. The number of fused-ring (bicyclic) bond motifs is 1. The topological polar surface area (TPSA) is 52.3 Å². The molecule has 0 amide bonds. The molecule has 3 nitrogen and oxygen atoms in total. The molecule has 0 spiro atoms. The van der Waals surface area contributed by atoms with E-state index in [1.165, 1.54) is 11.3 Å². The third-order valence-corrected chi connectivity index (χ3v) is 4.00. The number of ketones is 1. The van der Waals surface area contributed by atoms with E-state index in [-0.39, 0.29) is 11.8 Å². The average molecular weight is 263 g/mol. The van der Waals surface area contributed by atoms with E-state index in [2.05, 4.69) is 0 Å². The van der Waals surface area contributed by atoms with Gasteiger partial charge in [-0.05, 0) is 23.9 Å². The first-order valence-electron chi connectivity index (χ1n) is 5.97. The molecule has 2 rings (SSSR count). The SMILES string of the molecule is COCCC(N)CC(=O)c1cc2ccccc2s1. The quantitative estimate of drug-likeness (QED) is 0.815. The Morgan fingerprint density at radius 3 is 2.94 bits per heavy atom.